The standard InChI is InChI=1S/C17H13NO3/c18-15-14(16(19)17(15)20)12-6-8-13(9-7-12)21-10-11-4-2-1-3-5-11/h1-9H,10,18H2. The molecule has 0 saturated carbocycles. The summed E-state index contributed by atoms with van der Waals surface area (Å²) in [5, 5.41) is 0. The van der Waals surface area contributed by atoms with Crippen molar-refractivity contribution in [2.45, 2.75) is 6.61 Å². The summed E-state index contributed by atoms with van der Waals surface area (Å²) in [5.74, 6) is 0.694. The molecule has 0 radical (unpaired) electrons. The van der Waals surface area contributed by atoms with Crippen LogP contribution in [-0.4, -0.2) is 0 Å². The second-order valence-electron chi connectivity index (χ2n) is 4.75. The maximum Gasteiger partial charge on any atom is 0.249 e. The zero-order valence-electron chi connectivity index (χ0n) is 11.2. The Morgan fingerprint density at radius 3 is 2.14 bits per heavy atom. The van der Waals surface area contributed by atoms with Crippen LogP contribution < -0.4 is 21.3 Å². The van der Waals surface area contributed by atoms with Crippen LogP contribution in [0.4, 0.5) is 5.69 Å². The normalized spacial score (nSPS) is 10.7. The van der Waals surface area contributed by atoms with Crippen molar-refractivity contribution in [3.05, 3.63) is 80.6 Å². The largest absolute Gasteiger partial charge is 0.489 e. The van der Waals surface area contributed by atoms with Gasteiger partial charge >= 0.3 is 0 Å². The molecule has 104 valence electrons. The third-order valence-electron chi connectivity index (χ3n) is 3.34. The monoisotopic (exact) mass is 279 g/mol. The van der Waals surface area contributed by atoms with E-state index in [2.05, 4.69) is 0 Å². The van der Waals surface area contributed by atoms with E-state index in [9.17, 15) is 9.59 Å². The number of nitrogens with two attached hydrogens (primary N) is 1. The maximum atomic E-state index is 11.4. The Bertz CT molecular complexity index is 829. The minimum Gasteiger partial charge on any atom is -0.489 e. The van der Waals surface area contributed by atoms with E-state index in [0.29, 0.717) is 23.5 Å². The molecule has 2 N–H and O–H groups in total. The van der Waals surface area contributed by atoms with Crippen molar-refractivity contribution in [1.82, 2.24) is 0 Å². The molecule has 0 fully saturated rings. The summed E-state index contributed by atoms with van der Waals surface area (Å²) in [4.78, 5) is 22.6. The molecule has 0 heterocycles. The van der Waals surface area contributed by atoms with Crippen LogP contribution in [0.5, 0.6) is 5.75 Å². The Labute approximate surface area is 121 Å². The molecule has 0 amide bonds. The Hall–Kier alpha value is -2.88. The molecule has 3 rings (SSSR count). The fourth-order valence-corrected chi connectivity index (χ4v) is 2.15. The van der Waals surface area contributed by atoms with Crippen LogP contribution in [-0.2, 0) is 6.61 Å². The van der Waals surface area contributed by atoms with Gasteiger partial charge in [0.1, 0.15) is 12.4 Å². The molecular formula is C17H13NO3. The molecule has 0 aromatic heterocycles. The third kappa shape index (κ3) is 2.43. The lowest BCUT2D eigenvalue weighted by Gasteiger charge is -2.09. The van der Waals surface area contributed by atoms with Gasteiger partial charge in [0.05, 0.1) is 11.3 Å². The van der Waals surface area contributed by atoms with E-state index in [-0.39, 0.29) is 5.69 Å². The first-order valence-electron chi connectivity index (χ1n) is 6.53. The molecule has 4 nitrogen and oxygen atoms in total. The van der Waals surface area contributed by atoms with Crippen LogP contribution >= 0.6 is 0 Å². The van der Waals surface area contributed by atoms with Gasteiger partial charge in [-0.3, -0.25) is 9.59 Å². The van der Waals surface area contributed by atoms with Gasteiger partial charge in [-0.25, -0.2) is 0 Å². The Kier molecular flexibility index (Phi) is 3.28. The first-order chi connectivity index (χ1) is 10.2. The Morgan fingerprint density at radius 2 is 1.52 bits per heavy atom. The number of anilines is 1. The summed E-state index contributed by atoms with van der Waals surface area (Å²) in [6.07, 6.45) is 0. The number of hydrogen-bond donors (Lipinski definition) is 1. The summed E-state index contributed by atoms with van der Waals surface area (Å²) in [6, 6.07) is 16.8. The molecule has 0 bridgehead atoms. The molecule has 0 unspecified atom stereocenters. The van der Waals surface area contributed by atoms with Gasteiger partial charge in [0, 0.05) is 0 Å². The SMILES string of the molecule is Nc1c(-c2ccc(OCc3ccccc3)cc2)c(=O)c1=O. The minimum atomic E-state index is -0.602. The van der Waals surface area contributed by atoms with Crippen LogP contribution in [0.15, 0.2) is 64.2 Å². The molecule has 0 atom stereocenters. The van der Waals surface area contributed by atoms with Crippen molar-refractivity contribution in [2.24, 2.45) is 0 Å². The topological polar surface area (TPSA) is 69.4 Å². The van der Waals surface area contributed by atoms with Gasteiger partial charge in [0.15, 0.2) is 0 Å². The summed E-state index contributed by atoms with van der Waals surface area (Å²) in [7, 11) is 0. The molecule has 3 aromatic rings. The van der Waals surface area contributed by atoms with Crippen LogP contribution in [0.3, 0.4) is 0 Å². The lowest BCUT2D eigenvalue weighted by molar-refractivity contribution is 0.306. The molecular weight excluding hydrogens is 266 g/mol. The Morgan fingerprint density at radius 1 is 0.857 bits per heavy atom. The zero-order chi connectivity index (χ0) is 14.8. The molecule has 0 aliphatic heterocycles. The lowest BCUT2D eigenvalue weighted by atomic mass is 9.99. The van der Waals surface area contributed by atoms with Gasteiger partial charge < -0.3 is 10.5 Å². The quantitative estimate of drug-likeness (QED) is 0.743. The van der Waals surface area contributed by atoms with E-state index in [1.165, 1.54) is 0 Å². The zero-order valence-corrected chi connectivity index (χ0v) is 11.2. The van der Waals surface area contributed by atoms with Crippen LogP contribution in [0.25, 0.3) is 11.1 Å². The van der Waals surface area contributed by atoms with Gasteiger partial charge in [-0.1, -0.05) is 42.5 Å². The number of ether oxygens (including phenoxy) is 1. The van der Waals surface area contributed by atoms with Crippen molar-refractivity contribution in [1.29, 1.82) is 0 Å². The van der Waals surface area contributed by atoms with E-state index >= 15 is 0 Å². The fraction of sp³-hybridized carbons (Fsp3) is 0.0588. The predicted octanol–water partition coefficient (Wildman–Crippen LogP) is 2.11. The second-order valence-corrected chi connectivity index (χ2v) is 4.75. The Balaban J connectivity index is 1.73. The van der Waals surface area contributed by atoms with Gasteiger partial charge in [-0.15, -0.1) is 0 Å². The van der Waals surface area contributed by atoms with Crippen LogP contribution in [0, 0.1) is 0 Å². The van der Waals surface area contributed by atoms with Crippen molar-refractivity contribution >= 4 is 5.69 Å². The fourth-order valence-electron chi connectivity index (χ4n) is 2.15. The average molecular weight is 279 g/mol. The van der Waals surface area contributed by atoms with E-state index in [4.69, 9.17) is 10.5 Å². The number of rotatable bonds is 4. The van der Waals surface area contributed by atoms with Crippen molar-refractivity contribution in [3.8, 4) is 16.9 Å². The minimum absolute atomic E-state index is 0.0398. The smallest absolute Gasteiger partial charge is 0.249 e. The summed E-state index contributed by atoms with van der Waals surface area (Å²) < 4.78 is 5.65. The predicted molar refractivity (Wildman–Crippen MR) is 82.0 cm³/mol. The van der Waals surface area contributed by atoms with Crippen molar-refractivity contribution in [2.75, 3.05) is 5.73 Å². The highest BCUT2D eigenvalue weighted by Crippen LogP contribution is 2.24. The first-order valence-corrected chi connectivity index (χ1v) is 6.53. The van der Waals surface area contributed by atoms with E-state index in [1.54, 1.807) is 24.3 Å². The van der Waals surface area contributed by atoms with E-state index in [1.807, 2.05) is 30.3 Å². The van der Waals surface area contributed by atoms with Gasteiger partial charge in [-0.05, 0) is 23.3 Å². The molecule has 0 saturated heterocycles. The van der Waals surface area contributed by atoms with Gasteiger partial charge in [-0.2, -0.15) is 0 Å². The summed E-state index contributed by atoms with van der Waals surface area (Å²) in [6.45, 7) is 0.475. The van der Waals surface area contributed by atoms with E-state index < -0.39 is 10.9 Å². The highest BCUT2D eigenvalue weighted by molar-refractivity contribution is 5.80. The lowest BCUT2D eigenvalue weighted by Crippen LogP contribution is -2.35. The molecule has 3 aromatic carbocycles. The number of benzene rings is 2. The van der Waals surface area contributed by atoms with E-state index in [0.717, 1.165) is 5.56 Å². The highest BCUT2D eigenvalue weighted by Gasteiger charge is 2.19. The third-order valence-corrected chi connectivity index (χ3v) is 3.34. The van der Waals surface area contributed by atoms with Crippen LogP contribution in [0.1, 0.15) is 5.56 Å². The average Bonchev–Trinajstić information content (AvgIpc) is 2.55. The van der Waals surface area contributed by atoms with Crippen molar-refractivity contribution in [3.63, 3.8) is 0 Å². The van der Waals surface area contributed by atoms with Crippen LogP contribution in [0.2, 0.25) is 0 Å². The molecule has 0 aliphatic carbocycles. The van der Waals surface area contributed by atoms with Gasteiger partial charge in [0.2, 0.25) is 10.9 Å². The molecule has 0 spiro atoms. The highest BCUT2D eigenvalue weighted by atomic mass is 16.5. The number of hydrogen-bond acceptors (Lipinski definition) is 4. The second kappa shape index (κ2) is 5.25. The molecule has 21 heavy (non-hydrogen) atoms. The van der Waals surface area contributed by atoms with Gasteiger partial charge in [0.25, 0.3) is 0 Å². The first kappa shape index (κ1) is 13.1. The maximum absolute atomic E-state index is 11.4. The number of nitrogen functional groups attached to an aromatic ring is 1. The van der Waals surface area contributed by atoms with Crippen molar-refractivity contribution < 1.29 is 4.74 Å². The summed E-state index contributed by atoms with van der Waals surface area (Å²) in [5.41, 5.74) is 6.47. The summed E-state index contributed by atoms with van der Waals surface area (Å²) >= 11 is 0. The molecule has 4 heteroatoms. The molecule has 0 aliphatic rings.